The molecule has 0 aliphatic carbocycles. The number of pyridine rings is 1. The molecule has 0 radical (unpaired) electrons. The molecule has 0 aliphatic heterocycles. The van der Waals surface area contributed by atoms with Crippen LogP contribution in [0.3, 0.4) is 0 Å². The molecule has 1 rings (SSSR count). The summed E-state index contributed by atoms with van der Waals surface area (Å²) in [4.78, 5) is 4.02. The van der Waals surface area contributed by atoms with Gasteiger partial charge in [-0.25, -0.2) is 9.19 Å². The number of anilines is 1. The van der Waals surface area contributed by atoms with Gasteiger partial charge in [0.2, 0.25) is 0 Å². The Kier molecular flexibility index (Phi) is 3.22. The molecule has 0 saturated carbocycles. The third-order valence-electron chi connectivity index (χ3n) is 1.32. The molecule has 1 aromatic heterocycles. The van der Waals surface area contributed by atoms with Crippen LogP contribution in [-0.4, -0.2) is 15.4 Å². The van der Waals surface area contributed by atoms with Crippen LogP contribution in [0.2, 0.25) is 0 Å². The topological polar surface area (TPSA) is 42.0 Å². The number of halogens is 1. The monoisotopic (exact) mass is 248 g/mol. The van der Waals surface area contributed by atoms with Gasteiger partial charge in [-0.05, 0) is 34.5 Å². The van der Waals surface area contributed by atoms with Gasteiger partial charge in [0.1, 0.15) is 15.6 Å². The largest absolute Gasteiger partial charge is 0.305 e. The summed E-state index contributed by atoms with van der Waals surface area (Å²) in [6.07, 6.45) is 3.31. The lowest BCUT2D eigenvalue weighted by molar-refractivity contribution is 0.690. The van der Waals surface area contributed by atoms with Gasteiger partial charge in [0.25, 0.3) is 0 Å². The van der Waals surface area contributed by atoms with Gasteiger partial charge in [-0.15, -0.1) is 0 Å². The smallest absolute Gasteiger partial charge is 0.113 e. The highest BCUT2D eigenvalue weighted by atomic mass is 79.9. The number of aromatic nitrogens is 1. The van der Waals surface area contributed by atoms with Crippen molar-refractivity contribution >= 4 is 32.6 Å². The third kappa shape index (κ3) is 2.57. The van der Waals surface area contributed by atoms with Crippen LogP contribution >= 0.6 is 15.9 Å². The summed E-state index contributed by atoms with van der Waals surface area (Å²) in [6, 6.07) is 1.80. The van der Waals surface area contributed by atoms with E-state index in [1.807, 2.05) is 6.92 Å². The van der Waals surface area contributed by atoms with Gasteiger partial charge in [0.05, 0.1) is 5.69 Å². The van der Waals surface area contributed by atoms with Crippen LogP contribution in [-0.2, 0) is 11.0 Å². The minimum Gasteiger partial charge on any atom is -0.305 e. The Labute approximate surface area is 82.3 Å². The number of aryl methyl sites for hydroxylation is 1. The van der Waals surface area contributed by atoms with Gasteiger partial charge >= 0.3 is 0 Å². The molecular formula is C7H9BrN2OS. The molecule has 0 spiro atoms. The van der Waals surface area contributed by atoms with Crippen LogP contribution in [0.25, 0.3) is 0 Å². The summed E-state index contributed by atoms with van der Waals surface area (Å²) in [5.41, 5.74) is 1.83. The van der Waals surface area contributed by atoms with Crippen molar-refractivity contribution in [1.29, 1.82) is 0 Å². The van der Waals surface area contributed by atoms with E-state index in [1.54, 1.807) is 18.5 Å². The van der Waals surface area contributed by atoms with Crippen LogP contribution in [0.1, 0.15) is 5.56 Å². The lowest BCUT2D eigenvalue weighted by Gasteiger charge is -2.05. The van der Waals surface area contributed by atoms with Crippen LogP contribution < -0.4 is 4.72 Å². The maximum absolute atomic E-state index is 10.8. The van der Waals surface area contributed by atoms with Crippen molar-refractivity contribution in [3.8, 4) is 0 Å². The molecule has 5 heteroatoms. The normalized spacial score (nSPS) is 12.6. The highest BCUT2D eigenvalue weighted by molar-refractivity contribution is 9.10. The number of hydrogen-bond acceptors (Lipinski definition) is 2. The Hall–Kier alpha value is -0.420. The van der Waals surface area contributed by atoms with Crippen molar-refractivity contribution in [2.75, 3.05) is 11.0 Å². The third-order valence-corrected chi connectivity index (χ3v) is 2.26. The van der Waals surface area contributed by atoms with E-state index in [2.05, 4.69) is 25.6 Å². The zero-order chi connectivity index (χ0) is 9.14. The number of nitrogens with zero attached hydrogens (tertiary/aromatic N) is 1. The van der Waals surface area contributed by atoms with E-state index in [0.717, 1.165) is 15.9 Å². The number of rotatable bonds is 2. The molecule has 1 atom stereocenters. The summed E-state index contributed by atoms with van der Waals surface area (Å²) in [6.45, 7) is 1.91. The lowest BCUT2D eigenvalue weighted by Crippen LogP contribution is -2.03. The molecule has 0 fully saturated rings. The molecule has 1 N–H and O–H groups in total. The zero-order valence-electron chi connectivity index (χ0n) is 6.80. The van der Waals surface area contributed by atoms with E-state index in [9.17, 15) is 4.21 Å². The van der Waals surface area contributed by atoms with Gasteiger partial charge in [-0.3, -0.25) is 0 Å². The van der Waals surface area contributed by atoms with Gasteiger partial charge in [0.15, 0.2) is 0 Å². The first kappa shape index (κ1) is 9.67. The first-order chi connectivity index (χ1) is 5.59. The van der Waals surface area contributed by atoms with E-state index >= 15 is 0 Å². The summed E-state index contributed by atoms with van der Waals surface area (Å²) < 4.78 is 14.4. The molecule has 0 aromatic carbocycles. The Balaban J connectivity index is 2.97. The standard InChI is InChI=1S/C7H9BrN2OS/c1-5-4-9-7(8)3-6(5)10-12(2)11/h3-4H,1-2H3,(H,9,10). The second kappa shape index (κ2) is 4.00. The molecule has 1 heterocycles. The average Bonchev–Trinajstić information content (AvgIpc) is 1.96. The van der Waals surface area contributed by atoms with Crippen molar-refractivity contribution in [1.82, 2.24) is 4.98 Å². The fourth-order valence-corrected chi connectivity index (χ4v) is 1.62. The first-order valence-corrected chi connectivity index (χ1v) is 5.67. The van der Waals surface area contributed by atoms with Crippen molar-refractivity contribution in [2.24, 2.45) is 0 Å². The van der Waals surface area contributed by atoms with Gasteiger partial charge in [-0.2, -0.15) is 0 Å². The summed E-state index contributed by atoms with van der Waals surface area (Å²) in [5, 5.41) is 0. The Bertz CT molecular complexity index is 316. The second-order valence-electron chi connectivity index (χ2n) is 2.38. The van der Waals surface area contributed by atoms with Crippen LogP contribution in [0, 0.1) is 6.92 Å². The highest BCUT2D eigenvalue weighted by Gasteiger charge is 2.00. The minimum atomic E-state index is -1.03. The quantitative estimate of drug-likeness (QED) is 0.813. The maximum atomic E-state index is 10.8. The fourth-order valence-electron chi connectivity index (χ4n) is 0.763. The predicted octanol–water partition coefficient (Wildman–Crippen LogP) is 1.86. The lowest BCUT2D eigenvalue weighted by atomic mass is 10.3. The summed E-state index contributed by atoms with van der Waals surface area (Å²) >= 11 is 3.24. The highest BCUT2D eigenvalue weighted by Crippen LogP contribution is 2.17. The van der Waals surface area contributed by atoms with Crippen molar-refractivity contribution in [3.05, 3.63) is 22.4 Å². The Morgan fingerprint density at radius 1 is 1.67 bits per heavy atom. The Morgan fingerprint density at radius 3 is 2.92 bits per heavy atom. The average molecular weight is 249 g/mol. The van der Waals surface area contributed by atoms with E-state index in [1.165, 1.54) is 0 Å². The van der Waals surface area contributed by atoms with Crippen LogP contribution in [0.15, 0.2) is 16.9 Å². The molecule has 1 aromatic rings. The minimum absolute atomic E-state index is 0.737. The van der Waals surface area contributed by atoms with Gasteiger partial charge < -0.3 is 4.72 Å². The van der Waals surface area contributed by atoms with Crippen molar-refractivity contribution in [2.45, 2.75) is 6.92 Å². The Morgan fingerprint density at radius 2 is 2.33 bits per heavy atom. The molecule has 0 saturated heterocycles. The predicted molar refractivity (Wildman–Crippen MR) is 54.4 cm³/mol. The SMILES string of the molecule is Cc1cnc(Br)cc1NS(C)=O. The molecule has 0 aliphatic rings. The maximum Gasteiger partial charge on any atom is 0.113 e. The van der Waals surface area contributed by atoms with Crippen molar-refractivity contribution < 1.29 is 4.21 Å². The fraction of sp³-hybridized carbons (Fsp3) is 0.286. The molecule has 3 nitrogen and oxygen atoms in total. The van der Waals surface area contributed by atoms with E-state index in [4.69, 9.17) is 0 Å². The first-order valence-electron chi connectivity index (χ1n) is 3.32. The second-order valence-corrected chi connectivity index (χ2v) is 4.30. The zero-order valence-corrected chi connectivity index (χ0v) is 9.20. The van der Waals surface area contributed by atoms with Gasteiger partial charge in [-0.1, -0.05) is 0 Å². The van der Waals surface area contributed by atoms with E-state index < -0.39 is 11.0 Å². The number of hydrogen-bond donors (Lipinski definition) is 1. The molecular weight excluding hydrogens is 240 g/mol. The molecule has 12 heavy (non-hydrogen) atoms. The van der Waals surface area contributed by atoms with E-state index in [-0.39, 0.29) is 0 Å². The molecule has 66 valence electrons. The van der Waals surface area contributed by atoms with Crippen LogP contribution in [0.4, 0.5) is 5.69 Å². The van der Waals surface area contributed by atoms with Crippen molar-refractivity contribution in [3.63, 3.8) is 0 Å². The molecule has 1 unspecified atom stereocenters. The molecule has 0 bridgehead atoms. The summed E-state index contributed by atoms with van der Waals surface area (Å²) in [5.74, 6) is 0. The van der Waals surface area contributed by atoms with Gasteiger partial charge in [0, 0.05) is 12.5 Å². The molecule has 0 amide bonds. The van der Waals surface area contributed by atoms with E-state index in [0.29, 0.717) is 0 Å². The number of nitrogens with one attached hydrogen (secondary N) is 1. The van der Waals surface area contributed by atoms with Crippen LogP contribution in [0.5, 0.6) is 0 Å². The summed E-state index contributed by atoms with van der Waals surface area (Å²) in [7, 11) is -1.03.